The highest BCUT2D eigenvalue weighted by molar-refractivity contribution is 14.1. The minimum absolute atomic E-state index is 0.0540. The van der Waals surface area contributed by atoms with Gasteiger partial charge in [-0.3, -0.25) is 9.69 Å². The summed E-state index contributed by atoms with van der Waals surface area (Å²) < 4.78 is 10.1. The van der Waals surface area contributed by atoms with E-state index in [1.807, 2.05) is 46.9 Å². The molecule has 1 aromatic carbocycles. The summed E-state index contributed by atoms with van der Waals surface area (Å²) in [6.45, 7) is 2.36. The Morgan fingerprint density at radius 3 is 2.71 bits per heavy atom. The minimum Gasteiger partial charge on any atom is -0.465 e. The van der Waals surface area contributed by atoms with Gasteiger partial charge in [-0.05, 0) is 38.3 Å². The van der Waals surface area contributed by atoms with E-state index in [1.165, 1.54) is 0 Å². The number of alkyl halides is 1. The van der Waals surface area contributed by atoms with Crippen molar-refractivity contribution in [2.24, 2.45) is 0 Å². The number of amides is 1. The molecule has 2 atom stereocenters. The molecule has 0 fully saturated rings. The van der Waals surface area contributed by atoms with Gasteiger partial charge in [-0.25, -0.2) is 4.79 Å². The summed E-state index contributed by atoms with van der Waals surface area (Å²) in [6.07, 6.45) is 6.55. The Morgan fingerprint density at radius 1 is 1.33 bits per heavy atom. The lowest BCUT2D eigenvalue weighted by molar-refractivity contribution is -0.142. The van der Waals surface area contributed by atoms with E-state index in [1.54, 1.807) is 24.0 Å². The first-order valence-corrected chi connectivity index (χ1v) is 9.37. The first kappa shape index (κ1) is 18.8. The molecule has 1 aliphatic carbocycles. The van der Waals surface area contributed by atoms with Crippen molar-refractivity contribution < 1.29 is 19.1 Å². The van der Waals surface area contributed by atoms with E-state index in [-0.39, 0.29) is 18.6 Å². The number of carbonyl (C=O) groups excluding carboxylic acids is 2. The molecule has 0 saturated carbocycles. The van der Waals surface area contributed by atoms with Gasteiger partial charge in [-0.1, -0.05) is 52.9 Å². The summed E-state index contributed by atoms with van der Waals surface area (Å²) in [5, 5.41) is 0. The number of ether oxygens (including phenoxy) is 2. The van der Waals surface area contributed by atoms with Crippen molar-refractivity contribution >= 4 is 34.7 Å². The number of rotatable bonds is 6. The molecule has 24 heavy (non-hydrogen) atoms. The fraction of sp³-hybridized carbons (Fsp3) is 0.444. The Hall–Kier alpha value is -1.57. The Morgan fingerprint density at radius 2 is 2.08 bits per heavy atom. The van der Waals surface area contributed by atoms with Crippen molar-refractivity contribution in [1.82, 2.24) is 4.90 Å². The maximum absolute atomic E-state index is 12.6. The third-order valence-electron chi connectivity index (χ3n) is 3.71. The minimum atomic E-state index is -0.441. The molecule has 130 valence electrons. The second kappa shape index (κ2) is 9.66. The number of esters is 1. The number of para-hydroxylation sites is 1. The molecular weight excluding hydrogens is 421 g/mol. The van der Waals surface area contributed by atoms with Crippen molar-refractivity contribution in [2.45, 2.75) is 36.2 Å². The molecule has 1 amide bonds. The third kappa shape index (κ3) is 5.51. The highest BCUT2D eigenvalue weighted by Gasteiger charge is 2.29. The van der Waals surface area contributed by atoms with Gasteiger partial charge in [-0.2, -0.15) is 0 Å². The lowest BCUT2D eigenvalue weighted by Crippen LogP contribution is -2.46. The van der Waals surface area contributed by atoms with E-state index in [0.29, 0.717) is 12.4 Å². The van der Waals surface area contributed by atoms with Gasteiger partial charge in [0.25, 0.3) is 0 Å². The normalized spacial score (nSPS) is 17.8. The van der Waals surface area contributed by atoms with Gasteiger partial charge in [0.05, 0.1) is 12.6 Å². The standard InChI is InChI=1S/C18H22INO4/c1-2-23-17(21)16(19)13-20(14-9-5-3-6-10-14)18(22)24-15-11-7-4-8-12-15/h4-5,7-9,11-12,14,16H,2-3,6,10,13H2,1H3. The van der Waals surface area contributed by atoms with Crippen molar-refractivity contribution in [1.29, 1.82) is 0 Å². The fourth-order valence-electron chi connectivity index (χ4n) is 2.53. The maximum atomic E-state index is 12.6. The Bertz CT molecular complexity index is 576. The quantitative estimate of drug-likeness (QED) is 0.289. The van der Waals surface area contributed by atoms with E-state index in [0.717, 1.165) is 19.3 Å². The van der Waals surface area contributed by atoms with Gasteiger partial charge in [0.15, 0.2) is 0 Å². The largest absolute Gasteiger partial charge is 0.465 e. The Labute approximate surface area is 156 Å². The molecule has 0 saturated heterocycles. The van der Waals surface area contributed by atoms with Crippen LogP contribution in [-0.4, -0.2) is 40.1 Å². The van der Waals surface area contributed by atoms with Crippen molar-refractivity contribution in [3.63, 3.8) is 0 Å². The van der Waals surface area contributed by atoms with Crippen LogP contribution >= 0.6 is 22.6 Å². The molecule has 1 aliphatic rings. The average Bonchev–Trinajstić information content (AvgIpc) is 2.61. The first-order valence-electron chi connectivity index (χ1n) is 8.12. The molecule has 2 rings (SSSR count). The second-order valence-electron chi connectivity index (χ2n) is 5.48. The monoisotopic (exact) mass is 443 g/mol. The number of benzene rings is 1. The zero-order chi connectivity index (χ0) is 17.4. The number of hydrogen-bond donors (Lipinski definition) is 0. The topological polar surface area (TPSA) is 55.8 Å². The molecule has 0 N–H and O–H groups in total. The van der Waals surface area contributed by atoms with Crippen LogP contribution in [0.1, 0.15) is 26.2 Å². The van der Waals surface area contributed by atoms with Crippen LogP contribution in [0.15, 0.2) is 42.5 Å². The summed E-state index contributed by atoms with van der Waals surface area (Å²) in [5.41, 5.74) is 0. The summed E-state index contributed by atoms with van der Waals surface area (Å²) >= 11 is 2.02. The second-order valence-corrected chi connectivity index (χ2v) is 6.98. The van der Waals surface area contributed by atoms with Gasteiger partial charge in [0.1, 0.15) is 9.67 Å². The Kier molecular flexibility index (Phi) is 7.55. The zero-order valence-electron chi connectivity index (χ0n) is 13.7. The highest BCUT2D eigenvalue weighted by Crippen LogP contribution is 2.21. The molecule has 6 heteroatoms. The van der Waals surface area contributed by atoms with E-state index in [9.17, 15) is 9.59 Å². The van der Waals surface area contributed by atoms with Crippen LogP contribution in [0, 0.1) is 0 Å². The summed E-state index contributed by atoms with van der Waals surface area (Å²) in [5.74, 6) is 0.184. The number of nitrogens with zero attached hydrogens (tertiary/aromatic N) is 1. The van der Waals surface area contributed by atoms with Crippen LogP contribution in [0.4, 0.5) is 4.79 Å². The van der Waals surface area contributed by atoms with Gasteiger partial charge >= 0.3 is 12.1 Å². The molecule has 0 aromatic heterocycles. The predicted octanol–water partition coefficient (Wildman–Crippen LogP) is 3.96. The summed E-state index contributed by atoms with van der Waals surface area (Å²) in [7, 11) is 0. The van der Waals surface area contributed by atoms with Crippen LogP contribution in [-0.2, 0) is 9.53 Å². The van der Waals surface area contributed by atoms with Gasteiger partial charge in [-0.15, -0.1) is 0 Å². The van der Waals surface area contributed by atoms with Crippen LogP contribution in [0.3, 0.4) is 0 Å². The van der Waals surface area contributed by atoms with Gasteiger partial charge < -0.3 is 9.47 Å². The van der Waals surface area contributed by atoms with Crippen molar-refractivity contribution in [3.05, 3.63) is 42.5 Å². The van der Waals surface area contributed by atoms with E-state index < -0.39 is 10.0 Å². The average molecular weight is 443 g/mol. The molecular formula is C18H22INO4. The first-order chi connectivity index (χ1) is 11.6. The molecule has 0 radical (unpaired) electrons. The zero-order valence-corrected chi connectivity index (χ0v) is 15.8. The number of halogens is 1. The van der Waals surface area contributed by atoms with Crippen molar-refractivity contribution in [2.75, 3.05) is 13.2 Å². The molecule has 0 heterocycles. The van der Waals surface area contributed by atoms with E-state index in [4.69, 9.17) is 9.47 Å². The number of hydrogen-bond acceptors (Lipinski definition) is 4. The molecule has 5 nitrogen and oxygen atoms in total. The molecule has 0 bridgehead atoms. The molecule has 0 aliphatic heterocycles. The van der Waals surface area contributed by atoms with Crippen LogP contribution in [0.2, 0.25) is 0 Å². The molecule has 0 spiro atoms. The van der Waals surface area contributed by atoms with Crippen LogP contribution in [0.25, 0.3) is 0 Å². The fourth-order valence-corrected chi connectivity index (χ4v) is 3.13. The predicted molar refractivity (Wildman–Crippen MR) is 100 cm³/mol. The summed E-state index contributed by atoms with van der Waals surface area (Å²) in [4.78, 5) is 26.2. The molecule has 2 unspecified atom stereocenters. The van der Waals surface area contributed by atoms with Gasteiger partial charge in [0.2, 0.25) is 0 Å². The number of allylic oxidation sites excluding steroid dienone is 1. The summed E-state index contributed by atoms with van der Waals surface area (Å²) in [6, 6.07) is 8.90. The van der Waals surface area contributed by atoms with Crippen molar-refractivity contribution in [3.8, 4) is 5.75 Å². The van der Waals surface area contributed by atoms with Gasteiger partial charge in [0, 0.05) is 6.54 Å². The lowest BCUT2D eigenvalue weighted by atomic mass is 10.0. The van der Waals surface area contributed by atoms with E-state index in [2.05, 4.69) is 6.08 Å². The number of carbonyl (C=O) groups is 2. The SMILES string of the molecule is CCOC(=O)C(I)CN(C(=O)Oc1ccccc1)C1C=CCCC1. The van der Waals surface area contributed by atoms with E-state index >= 15 is 0 Å². The molecule has 1 aromatic rings. The van der Waals surface area contributed by atoms with Crippen LogP contribution in [0.5, 0.6) is 5.75 Å². The highest BCUT2D eigenvalue weighted by atomic mass is 127. The van der Waals surface area contributed by atoms with Crippen LogP contribution < -0.4 is 4.74 Å². The maximum Gasteiger partial charge on any atom is 0.415 e. The third-order valence-corrected chi connectivity index (χ3v) is 4.61. The lowest BCUT2D eigenvalue weighted by Gasteiger charge is -2.31. The Balaban J connectivity index is 2.09. The smallest absolute Gasteiger partial charge is 0.415 e.